The highest BCUT2D eigenvalue weighted by Gasteiger charge is 2.16. The molecule has 100 valence electrons. The third-order valence-corrected chi connectivity index (χ3v) is 3.42. The van der Waals surface area contributed by atoms with Crippen molar-refractivity contribution in [1.29, 1.82) is 0 Å². The Labute approximate surface area is 109 Å². The van der Waals surface area contributed by atoms with Gasteiger partial charge in [0.25, 0.3) is 0 Å². The van der Waals surface area contributed by atoms with Crippen LogP contribution in [0, 0.1) is 13.8 Å². The molecule has 1 rings (SSSR count). The van der Waals surface area contributed by atoms with Crippen LogP contribution in [-0.4, -0.2) is 28.6 Å². The molecular formula is C15H23NO2. The first-order valence-corrected chi connectivity index (χ1v) is 6.46. The molecule has 1 atom stereocenters. The summed E-state index contributed by atoms with van der Waals surface area (Å²) in [6.45, 7) is 9.11. The van der Waals surface area contributed by atoms with Crippen molar-refractivity contribution in [2.24, 2.45) is 0 Å². The van der Waals surface area contributed by atoms with Crippen LogP contribution < -0.4 is 0 Å². The molecule has 0 aliphatic carbocycles. The van der Waals surface area contributed by atoms with Crippen LogP contribution in [0.2, 0.25) is 0 Å². The van der Waals surface area contributed by atoms with Crippen molar-refractivity contribution in [2.45, 2.75) is 46.7 Å². The zero-order valence-electron chi connectivity index (χ0n) is 11.7. The summed E-state index contributed by atoms with van der Waals surface area (Å²) in [7, 11) is 0. The van der Waals surface area contributed by atoms with E-state index in [1.54, 1.807) is 0 Å². The summed E-state index contributed by atoms with van der Waals surface area (Å²) in [5.41, 5.74) is 3.68. The van der Waals surface area contributed by atoms with E-state index in [9.17, 15) is 4.79 Å². The molecule has 1 unspecified atom stereocenters. The van der Waals surface area contributed by atoms with Gasteiger partial charge in [-0.1, -0.05) is 30.7 Å². The van der Waals surface area contributed by atoms with Crippen molar-refractivity contribution in [3.63, 3.8) is 0 Å². The van der Waals surface area contributed by atoms with Crippen LogP contribution in [0.3, 0.4) is 0 Å². The van der Waals surface area contributed by atoms with Gasteiger partial charge in [0.15, 0.2) is 0 Å². The number of aliphatic carboxylic acids is 1. The van der Waals surface area contributed by atoms with Gasteiger partial charge in [-0.25, -0.2) is 0 Å². The molecule has 0 fully saturated rings. The molecule has 0 aromatic heterocycles. The number of rotatable bonds is 6. The van der Waals surface area contributed by atoms with E-state index >= 15 is 0 Å². The molecule has 0 heterocycles. The van der Waals surface area contributed by atoms with E-state index in [-0.39, 0.29) is 12.6 Å². The van der Waals surface area contributed by atoms with E-state index in [4.69, 9.17) is 5.11 Å². The summed E-state index contributed by atoms with van der Waals surface area (Å²) in [5, 5.41) is 8.98. The van der Waals surface area contributed by atoms with Gasteiger partial charge in [0.2, 0.25) is 0 Å². The van der Waals surface area contributed by atoms with Crippen LogP contribution in [0.15, 0.2) is 18.2 Å². The van der Waals surface area contributed by atoms with E-state index < -0.39 is 5.97 Å². The average molecular weight is 249 g/mol. The molecule has 0 saturated carbocycles. The van der Waals surface area contributed by atoms with Crippen LogP contribution in [-0.2, 0) is 11.3 Å². The quantitative estimate of drug-likeness (QED) is 0.842. The minimum atomic E-state index is -0.764. The summed E-state index contributed by atoms with van der Waals surface area (Å²) < 4.78 is 0. The Balaban J connectivity index is 2.85. The van der Waals surface area contributed by atoms with Crippen molar-refractivity contribution >= 4 is 5.97 Å². The number of nitrogens with zero attached hydrogens (tertiary/aromatic N) is 1. The van der Waals surface area contributed by atoms with Gasteiger partial charge < -0.3 is 5.11 Å². The lowest BCUT2D eigenvalue weighted by atomic mass is 10.0. The SMILES string of the molecule is CCC(C)N(CC(=O)O)Cc1ccc(C)cc1C. The lowest BCUT2D eigenvalue weighted by Gasteiger charge is -2.27. The number of carbonyl (C=O) groups is 1. The second-order valence-corrected chi connectivity index (χ2v) is 4.99. The number of carboxylic acid groups (broad SMARTS) is 1. The maximum absolute atomic E-state index is 10.9. The largest absolute Gasteiger partial charge is 0.480 e. The first-order valence-electron chi connectivity index (χ1n) is 6.46. The summed E-state index contributed by atoms with van der Waals surface area (Å²) in [6, 6.07) is 6.60. The summed E-state index contributed by atoms with van der Waals surface area (Å²) in [4.78, 5) is 12.9. The van der Waals surface area contributed by atoms with Gasteiger partial charge in [-0.3, -0.25) is 9.69 Å². The maximum Gasteiger partial charge on any atom is 0.317 e. The maximum atomic E-state index is 10.9. The molecule has 0 radical (unpaired) electrons. The zero-order valence-corrected chi connectivity index (χ0v) is 11.7. The highest BCUT2D eigenvalue weighted by Crippen LogP contribution is 2.15. The fourth-order valence-corrected chi connectivity index (χ4v) is 2.04. The third-order valence-electron chi connectivity index (χ3n) is 3.42. The normalized spacial score (nSPS) is 12.7. The second-order valence-electron chi connectivity index (χ2n) is 4.99. The molecule has 1 N–H and O–H groups in total. The lowest BCUT2D eigenvalue weighted by Crippen LogP contribution is -2.36. The molecule has 0 aliphatic rings. The van der Waals surface area contributed by atoms with Crippen molar-refractivity contribution in [2.75, 3.05) is 6.54 Å². The van der Waals surface area contributed by atoms with Gasteiger partial charge in [0.05, 0.1) is 6.54 Å². The van der Waals surface area contributed by atoms with Crippen molar-refractivity contribution in [1.82, 2.24) is 4.90 Å². The van der Waals surface area contributed by atoms with E-state index in [0.29, 0.717) is 6.54 Å². The first kappa shape index (κ1) is 14.7. The van der Waals surface area contributed by atoms with Gasteiger partial charge in [0, 0.05) is 12.6 Å². The van der Waals surface area contributed by atoms with E-state index in [0.717, 1.165) is 6.42 Å². The molecule has 3 heteroatoms. The number of hydrogen-bond acceptors (Lipinski definition) is 2. The molecule has 0 amide bonds. The van der Waals surface area contributed by atoms with Gasteiger partial charge in [-0.2, -0.15) is 0 Å². The van der Waals surface area contributed by atoms with Crippen LogP contribution in [0.4, 0.5) is 0 Å². The Morgan fingerprint density at radius 3 is 2.56 bits per heavy atom. The van der Waals surface area contributed by atoms with Crippen LogP contribution >= 0.6 is 0 Å². The standard InChI is InChI=1S/C15H23NO2/c1-5-13(4)16(10-15(17)18)9-14-7-6-11(2)8-12(14)3/h6-8,13H,5,9-10H2,1-4H3,(H,17,18). The number of carboxylic acids is 1. The summed E-state index contributed by atoms with van der Waals surface area (Å²) >= 11 is 0. The smallest absolute Gasteiger partial charge is 0.317 e. The van der Waals surface area contributed by atoms with Crippen molar-refractivity contribution < 1.29 is 9.90 Å². The minimum Gasteiger partial charge on any atom is -0.480 e. The van der Waals surface area contributed by atoms with Gasteiger partial charge >= 0.3 is 5.97 Å². The fraction of sp³-hybridized carbons (Fsp3) is 0.533. The second kappa shape index (κ2) is 6.55. The van der Waals surface area contributed by atoms with E-state index in [2.05, 4.69) is 45.9 Å². The Hall–Kier alpha value is -1.35. The highest BCUT2D eigenvalue weighted by molar-refractivity contribution is 5.69. The van der Waals surface area contributed by atoms with E-state index in [1.165, 1.54) is 16.7 Å². The number of hydrogen-bond donors (Lipinski definition) is 1. The Morgan fingerprint density at radius 1 is 1.39 bits per heavy atom. The Morgan fingerprint density at radius 2 is 2.06 bits per heavy atom. The number of aryl methyl sites for hydroxylation is 2. The van der Waals surface area contributed by atoms with Crippen LogP contribution in [0.1, 0.15) is 37.0 Å². The molecule has 0 saturated heterocycles. The summed E-state index contributed by atoms with van der Waals surface area (Å²) in [5.74, 6) is -0.764. The average Bonchev–Trinajstić information content (AvgIpc) is 2.30. The van der Waals surface area contributed by atoms with Crippen molar-refractivity contribution in [3.05, 3.63) is 34.9 Å². The molecule has 0 spiro atoms. The molecular weight excluding hydrogens is 226 g/mol. The van der Waals surface area contributed by atoms with Gasteiger partial charge in [-0.15, -0.1) is 0 Å². The molecule has 18 heavy (non-hydrogen) atoms. The van der Waals surface area contributed by atoms with Gasteiger partial charge in [0.1, 0.15) is 0 Å². The predicted molar refractivity (Wildman–Crippen MR) is 73.7 cm³/mol. The molecule has 0 aliphatic heterocycles. The monoisotopic (exact) mass is 249 g/mol. The third kappa shape index (κ3) is 4.15. The van der Waals surface area contributed by atoms with Crippen LogP contribution in [0.25, 0.3) is 0 Å². The predicted octanol–water partition coefficient (Wildman–Crippen LogP) is 2.99. The van der Waals surface area contributed by atoms with Crippen molar-refractivity contribution in [3.8, 4) is 0 Å². The van der Waals surface area contributed by atoms with Crippen LogP contribution in [0.5, 0.6) is 0 Å². The van der Waals surface area contributed by atoms with E-state index in [1.807, 2.05) is 4.90 Å². The molecule has 1 aromatic carbocycles. The minimum absolute atomic E-state index is 0.0995. The Kier molecular flexibility index (Phi) is 5.35. The summed E-state index contributed by atoms with van der Waals surface area (Å²) in [6.07, 6.45) is 0.957. The first-order chi connectivity index (χ1) is 8.43. The fourth-order valence-electron chi connectivity index (χ4n) is 2.04. The molecule has 1 aromatic rings. The Bertz CT molecular complexity index is 415. The lowest BCUT2D eigenvalue weighted by molar-refractivity contribution is -0.139. The number of benzene rings is 1. The molecule has 0 bridgehead atoms. The topological polar surface area (TPSA) is 40.5 Å². The molecule has 3 nitrogen and oxygen atoms in total. The van der Waals surface area contributed by atoms with Gasteiger partial charge in [-0.05, 0) is 38.3 Å². The zero-order chi connectivity index (χ0) is 13.7. The highest BCUT2D eigenvalue weighted by atomic mass is 16.4.